The molecular formula is C21H26BrNO2. The summed E-state index contributed by atoms with van der Waals surface area (Å²) in [5.74, 6) is 1.29. The molecule has 2 aromatic carbocycles. The largest absolute Gasteiger partial charge is 0.496 e. The van der Waals surface area contributed by atoms with Crippen molar-refractivity contribution >= 4 is 21.8 Å². The van der Waals surface area contributed by atoms with Gasteiger partial charge in [0.2, 0.25) is 5.91 Å². The summed E-state index contributed by atoms with van der Waals surface area (Å²) in [5.41, 5.74) is 4.41. The first-order valence-corrected chi connectivity index (χ1v) is 9.33. The van der Waals surface area contributed by atoms with E-state index in [1.165, 1.54) is 0 Å². The Morgan fingerprint density at radius 1 is 1.16 bits per heavy atom. The van der Waals surface area contributed by atoms with Crippen LogP contribution in [0, 0.1) is 6.92 Å². The Morgan fingerprint density at radius 2 is 1.88 bits per heavy atom. The fourth-order valence-corrected chi connectivity index (χ4v) is 3.46. The maximum Gasteiger partial charge on any atom is 0.224 e. The lowest BCUT2D eigenvalue weighted by Gasteiger charge is -2.21. The number of halogens is 1. The highest BCUT2D eigenvalue weighted by atomic mass is 79.9. The smallest absolute Gasteiger partial charge is 0.224 e. The summed E-state index contributed by atoms with van der Waals surface area (Å²) in [5, 5.41) is 3.11. The van der Waals surface area contributed by atoms with Crippen molar-refractivity contribution < 1.29 is 9.53 Å². The van der Waals surface area contributed by atoms with E-state index in [0.29, 0.717) is 12.3 Å². The Balaban J connectivity index is 2.15. The third kappa shape index (κ3) is 5.08. The summed E-state index contributed by atoms with van der Waals surface area (Å²) in [6.45, 7) is 8.37. The lowest BCUT2D eigenvalue weighted by molar-refractivity contribution is -0.121. The first-order valence-electron chi connectivity index (χ1n) is 8.54. The van der Waals surface area contributed by atoms with Gasteiger partial charge < -0.3 is 10.1 Å². The van der Waals surface area contributed by atoms with Crippen molar-refractivity contribution in [2.24, 2.45) is 0 Å². The van der Waals surface area contributed by atoms with Gasteiger partial charge in [0.05, 0.1) is 19.6 Å². The number of methoxy groups -OCH3 is 1. The first kappa shape index (κ1) is 19.5. The van der Waals surface area contributed by atoms with Crippen LogP contribution in [0.25, 0.3) is 0 Å². The SMILES string of the molecule is COc1cc(C)c(C(C)NC(=O)Cc2cccc(Br)c2)cc1C(C)C. The lowest BCUT2D eigenvalue weighted by Crippen LogP contribution is -2.28. The van der Waals surface area contributed by atoms with Crippen LogP contribution in [0.5, 0.6) is 5.75 Å². The first-order chi connectivity index (χ1) is 11.8. The molecule has 0 bridgehead atoms. The Morgan fingerprint density at radius 3 is 2.48 bits per heavy atom. The number of carbonyl (C=O) groups excluding carboxylic acids is 1. The molecule has 1 atom stereocenters. The fourth-order valence-electron chi connectivity index (χ4n) is 3.01. The van der Waals surface area contributed by atoms with Crippen molar-refractivity contribution in [2.45, 2.75) is 46.1 Å². The molecule has 2 rings (SSSR count). The van der Waals surface area contributed by atoms with Gasteiger partial charge in [-0.05, 0) is 66.3 Å². The number of ether oxygens (including phenoxy) is 1. The predicted molar refractivity (Wildman–Crippen MR) is 106 cm³/mol. The molecule has 134 valence electrons. The van der Waals surface area contributed by atoms with Crippen molar-refractivity contribution in [3.63, 3.8) is 0 Å². The van der Waals surface area contributed by atoms with Crippen LogP contribution in [0.3, 0.4) is 0 Å². The van der Waals surface area contributed by atoms with Crippen LogP contribution in [0.2, 0.25) is 0 Å². The second-order valence-electron chi connectivity index (χ2n) is 6.70. The summed E-state index contributed by atoms with van der Waals surface area (Å²) in [4.78, 5) is 12.4. The van der Waals surface area contributed by atoms with Gasteiger partial charge >= 0.3 is 0 Å². The van der Waals surface area contributed by atoms with Crippen LogP contribution in [0.4, 0.5) is 0 Å². The van der Waals surface area contributed by atoms with E-state index in [0.717, 1.165) is 32.5 Å². The highest BCUT2D eigenvalue weighted by Crippen LogP contribution is 2.32. The van der Waals surface area contributed by atoms with Gasteiger partial charge in [0.15, 0.2) is 0 Å². The van der Waals surface area contributed by atoms with E-state index >= 15 is 0 Å². The van der Waals surface area contributed by atoms with E-state index in [1.807, 2.05) is 31.2 Å². The second-order valence-corrected chi connectivity index (χ2v) is 7.62. The molecule has 1 unspecified atom stereocenters. The van der Waals surface area contributed by atoms with Gasteiger partial charge in [-0.25, -0.2) is 0 Å². The third-order valence-corrected chi connectivity index (χ3v) is 4.83. The molecule has 0 aliphatic heterocycles. The normalized spacial score (nSPS) is 12.1. The molecule has 0 radical (unpaired) electrons. The molecule has 0 heterocycles. The molecule has 1 amide bonds. The minimum Gasteiger partial charge on any atom is -0.496 e. The Kier molecular flexibility index (Phi) is 6.65. The molecule has 0 fully saturated rings. The van der Waals surface area contributed by atoms with Gasteiger partial charge in [-0.2, -0.15) is 0 Å². The second kappa shape index (κ2) is 8.52. The average molecular weight is 404 g/mol. The van der Waals surface area contributed by atoms with Crippen LogP contribution < -0.4 is 10.1 Å². The van der Waals surface area contributed by atoms with E-state index < -0.39 is 0 Å². The number of carbonyl (C=O) groups is 1. The highest BCUT2D eigenvalue weighted by Gasteiger charge is 2.17. The maximum atomic E-state index is 12.4. The summed E-state index contributed by atoms with van der Waals surface area (Å²) < 4.78 is 6.49. The van der Waals surface area contributed by atoms with E-state index in [4.69, 9.17) is 4.74 Å². The van der Waals surface area contributed by atoms with Crippen molar-refractivity contribution in [1.82, 2.24) is 5.32 Å². The minimum absolute atomic E-state index is 0.0203. The van der Waals surface area contributed by atoms with E-state index in [9.17, 15) is 4.79 Å². The quantitative estimate of drug-likeness (QED) is 0.709. The zero-order valence-corrected chi connectivity index (χ0v) is 17.1. The van der Waals surface area contributed by atoms with Crippen LogP contribution in [-0.2, 0) is 11.2 Å². The molecule has 0 aliphatic rings. The third-order valence-electron chi connectivity index (χ3n) is 4.34. The molecule has 0 saturated carbocycles. The molecular weight excluding hydrogens is 378 g/mol. The highest BCUT2D eigenvalue weighted by molar-refractivity contribution is 9.10. The van der Waals surface area contributed by atoms with Crippen LogP contribution in [-0.4, -0.2) is 13.0 Å². The molecule has 25 heavy (non-hydrogen) atoms. The number of hydrogen-bond acceptors (Lipinski definition) is 2. The monoisotopic (exact) mass is 403 g/mol. The molecule has 0 saturated heterocycles. The van der Waals surface area contributed by atoms with Crippen LogP contribution in [0.1, 0.15) is 55.0 Å². The van der Waals surface area contributed by atoms with Crippen LogP contribution in [0.15, 0.2) is 40.9 Å². The van der Waals surface area contributed by atoms with Crippen molar-refractivity contribution in [3.05, 3.63) is 63.1 Å². The number of rotatable bonds is 6. The van der Waals surface area contributed by atoms with Gasteiger partial charge in [-0.15, -0.1) is 0 Å². The number of amides is 1. The molecule has 0 aromatic heterocycles. The lowest BCUT2D eigenvalue weighted by atomic mass is 9.93. The predicted octanol–water partition coefficient (Wildman–Crippen LogP) is 5.31. The number of hydrogen-bond donors (Lipinski definition) is 1. The van der Waals surface area contributed by atoms with Crippen molar-refractivity contribution in [1.29, 1.82) is 0 Å². The summed E-state index contributed by atoms with van der Waals surface area (Å²) in [7, 11) is 1.70. The Hall–Kier alpha value is -1.81. The Labute approximate surface area is 158 Å². The van der Waals surface area contributed by atoms with Gasteiger partial charge in [0.1, 0.15) is 5.75 Å². The molecule has 3 nitrogen and oxygen atoms in total. The number of nitrogens with one attached hydrogen (secondary N) is 1. The maximum absolute atomic E-state index is 12.4. The van der Waals surface area contributed by atoms with Gasteiger partial charge in [0, 0.05) is 4.47 Å². The Bertz CT molecular complexity index is 756. The zero-order chi connectivity index (χ0) is 18.6. The standard InChI is InChI=1S/C21H26BrNO2/c1-13(2)18-12-19(14(3)9-20(18)25-5)15(4)23-21(24)11-16-7-6-8-17(22)10-16/h6-10,12-13,15H,11H2,1-5H3,(H,23,24). The minimum atomic E-state index is -0.0527. The number of benzene rings is 2. The van der Waals surface area contributed by atoms with Crippen molar-refractivity contribution in [3.8, 4) is 5.75 Å². The van der Waals surface area contributed by atoms with E-state index in [1.54, 1.807) is 7.11 Å². The fraction of sp³-hybridized carbons (Fsp3) is 0.381. The molecule has 4 heteroatoms. The van der Waals surface area contributed by atoms with Crippen molar-refractivity contribution in [2.75, 3.05) is 7.11 Å². The summed E-state index contributed by atoms with van der Waals surface area (Å²) in [6, 6.07) is 12.0. The number of aryl methyl sites for hydroxylation is 1. The van der Waals surface area contributed by atoms with Gasteiger partial charge in [-0.3, -0.25) is 4.79 Å². The topological polar surface area (TPSA) is 38.3 Å². The molecule has 1 N–H and O–H groups in total. The molecule has 0 aliphatic carbocycles. The average Bonchev–Trinajstić information content (AvgIpc) is 2.53. The molecule has 2 aromatic rings. The summed E-state index contributed by atoms with van der Waals surface area (Å²) in [6.07, 6.45) is 0.371. The zero-order valence-electron chi connectivity index (χ0n) is 15.5. The van der Waals surface area contributed by atoms with Crippen LogP contribution >= 0.6 is 15.9 Å². The van der Waals surface area contributed by atoms with E-state index in [2.05, 4.69) is 54.2 Å². The summed E-state index contributed by atoms with van der Waals surface area (Å²) >= 11 is 3.44. The molecule has 0 spiro atoms. The van der Waals surface area contributed by atoms with Gasteiger partial charge in [0.25, 0.3) is 0 Å². The van der Waals surface area contributed by atoms with Gasteiger partial charge in [-0.1, -0.05) is 41.9 Å². The van der Waals surface area contributed by atoms with E-state index in [-0.39, 0.29) is 11.9 Å².